The molecule has 0 spiro atoms. The van der Waals surface area contributed by atoms with Crippen LogP contribution in [0.15, 0.2) is 18.2 Å². The molecule has 2 rings (SSSR count). The number of aryl methyl sites for hydroxylation is 1. The number of benzene rings is 1. The number of nitriles is 2. The molecule has 0 aliphatic heterocycles. The van der Waals surface area contributed by atoms with E-state index in [4.69, 9.17) is 10.5 Å². The Morgan fingerprint density at radius 3 is 2.64 bits per heavy atom. The van der Waals surface area contributed by atoms with E-state index in [-0.39, 0.29) is 0 Å². The molecule has 3 heteroatoms. The minimum absolute atomic E-state index is 0.344. The first-order valence-electron chi connectivity index (χ1n) is 4.19. The molecule has 1 heterocycles. The van der Waals surface area contributed by atoms with Crippen molar-refractivity contribution in [2.45, 2.75) is 6.92 Å². The standard InChI is InChI=1S/C11H7N3/c1-7-3-2-4-9-11(7)8(5-12)10(6-13)14-9/h2-4,14H,1H3. The van der Waals surface area contributed by atoms with Gasteiger partial charge in [-0.2, -0.15) is 10.5 Å². The Kier molecular flexibility index (Phi) is 1.73. The number of hydrogen-bond acceptors (Lipinski definition) is 2. The zero-order valence-electron chi connectivity index (χ0n) is 7.63. The molecule has 3 nitrogen and oxygen atoms in total. The first-order chi connectivity index (χ1) is 6.77. The van der Waals surface area contributed by atoms with E-state index in [1.807, 2.05) is 31.2 Å². The van der Waals surface area contributed by atoms with Crippen LogP contribution in [0.2, 0.25) is 0 Å². The van der Waals surface area contributed by atoms with Crippen molar-refractivity contribution >= 4 is 10.9 Å². The highest BCUT2D eigenvalue weighted by molar-refractivity contribution is 5.91. The summed E-state index contributed by atoms with van der Waals surface area (Å²) in [7, 11) is 0. The van der Waals surface area contributed by atoms with Crippen LogP contribution >= 0.6 is 0 Å². The van der Waals surface area contributed by atoms with Crippen molar-refractivity contribution in [3.63, 3.8) is 0 Å². The van der Waals surface area contributed by atoms with Crippen LogP contribution in [0, 0.1) is 29.6 Å². The number of H-pyrrole nitrogens is 1. The van der Waals surface area contributed by atoms with Gasteiger partial charge in [-0.3, -0.25) is 0 Å². The van der Waals surface area contributed by atoms with Gasteiger partial charge in [0.15, 0.2) is 0 Å². The molecule has 0 aliphatic rings. The lowest BCUT2D eigenvalue weighted by Crippen LogP contribution is -1.78. The fourth-order valence-corrected chi connectivity index (χ4v) is 1.62. The topological polar surface area (TPSA) is 63.4 Å². The Labute approximate surface area is 81.2 Å². The highest BCUT2D eigenvalue weighted by Gasteiger charge is 2.11. The summed E-state index contributed by atoms with van der Waals surface area (Å²) < 4.78 is 0. The summed E-state index contributed by atoms with van der Waals surface area (Å²) in [5, 5.41) is 18.6. The summed E-state index contributed by atoms with van der Waals surface area (Å²) >= 11 is 0. The van der Waals surface area contributed by atoms with E-state index in [1.165, 1.54) is 0 Å². The molecule has 0 atom stereocenters. The number of aromatic nitrogens is 1. The van der Waals surface area contributed by atoms with Gasteiger partial charge < -0.3 is 4.98 Å². The van der Waals surface area contributed by atoms with Gasteiger partial charge in [-0.1, -0.05) is 12.1 Å². The number of nitrogens with zero attached hydrogens (tertiary/aromatic N) is 2. The first kappa shape index (κ1) is 8.34. The highest BCUT2D eigenvalue weighted by Crippen LogP contribution is 2.24. The summed E-state index contributed by atoms with van der Waals surface area (Å²) in [4.78, 5) is 2.92. The quantitative estimate of drug-likeness (QED) is 0.677. The summed E-state index contributed by atoms with van der Waals surface area (Å²) in [6, 6.07) is 9.73. The molecule has 66 valence electrons. The Bertz CT molecular complexity index is 579. The molecule has 1 aromatic heterocycles. The van der Waals surface area contributed by atoms with Crippen LogP contribution in [0.4, 0.5) is 0 Å². The fraction of sp³-hybridized carbons (Fsp3) is 0.0909. The van der Waals surface area contributed by atoms with Crippen LogP contribution in [-0.4, -0.2) is 4.98 Å². The van der Waals surface area contributed by atoms with Gasteiger partial charge in [0.1, 0.15) is 17.8 Å². The molecule has 0 aliphatic carbocycles. The van der Waals surface area contributed by atoms with Crippen molar-refractivity contribution in [1.82, 2.24) is 4.98 Å². The van der Waals surface area contributed by atoms with Gasteiger partial charge in [0, 0.05) is 10.9 Å². The highest BCUT2D eigenvalue weighted by atomic mass is 14.7. The smallest absolute Gasteiger partial charge is 0.136 e. The van der Waals surface area contributed by atoms with Crippen molar-refractivity contribution in [3.05, 3.63) is 35.0 Å². The van der Waals surface area contributed by atoms with Crippen LogP contribution in [0.3, 0.4) is 0 Å². The zero-order valence-corrected chi connectivity index (χ0v) is 7.63. The second-order valence-electron chi connectivity index (χ2n) is 3.10. The van der Waals surface area contributed by atoms with Crippen molar-refractivity contribution in [2.24, 2.45) is 0 Å². The van der Waals surface area contributed by atoms with Gasteiger partial charge in [0.2, 0.25) is 0 Å². The van der Waals surface area contributed by atoms with Crippen molar-refractivity contribution in [1.29, 1.82) is 10.5 Å². The maximum atomic E-state index is 8.94. The van der Waals surface area contributed by atoms with Crippen LogP contribution in [0.5, 0.6) is 0 Å². The van der Waals surface area contributed by atoms with Crippen LogP contribution in [0.25, 0.3) is 10.9 Å². The molecular weight excluding hydrogens is 174 g/mol. The normalized spacial score (nSPS) is 9.64. The number of nitrogens with one attached hydrogen (secondary N) is 1. The minimum Gasteiger partial charge on any atom is -0.345 e. The van der Waals surface area contributed by atoms with E-state index in [9.17, 15) is 0 Å². The third-order valence-electron chi connectivity index (χ3n) is 2.26. The maximum Gasteiger partial charge on any atom is 0.136 e. The Morgan fingerprint density at radius 2 is 2.00 bits per heavy atom. The van der Waals surface area contributed by atoms with Crippen LogP contribution in [-0.2, 0) is 0 Å². The fourth-order valence-electron chi connectivity index (χ4n) is 1.62. The van der Waals surface area contributed by atoms with E-state index in [0.29, 0.717) is 11.3 Å². The van der Waals surface area contributed by atoms with Crippen molar-refractivity contribution < 1.29 is 0 Å². The predicted molar refractivity (Wildman–Crippen MR) is 52.5 cm³/mol. The summed E-state index contributed by atoms with van der Waals surface area (Å²) in [5.74, 6) is 0. The number of rotatable bonds is 0. The van der Waals surface area contributed by atoms with Gasteiger partial charge in [0.25, 0.3) is 0 Å². The number of aromatic amines is 1. The molecule has 0 unspecified atom stereocenters. The zero-order chi connectivity index (χ0) is 10.1. The molecule has 0 saturated carbocycles. The molecule has 0 amide bonds. The summed E-state index contributed by atoms with van der Waals surface area (Å²) in [6.07, 6.45) is 0. The monoisotopic (exact) mass is 181 g/mol. The van der Waals surface area contributed by atoms with Gasteiger partial charge in [-0.05, 0) is 18.6 Å². The van der Waals surface area contributed by atoms with E-state index >= 15 is 0 Å². The molecular formula is C11H7N3. The first-order valence-corrected chi connectivity index (χ1v) is 4.19. The predicted octanol–water partition coefficient (Wildman–Crippen LogP) is 2.22. The average molecular weight is 181 g/mol. The third kappa shape index (κ3) is 0.967. The number of hydrogen-bond donors (Lipinski definition) is 1. The lowest BCUT2D eigenvalue weighted by Gasteiger charge is -1.94. The Hall–Kier alpha value is -2.26. The second kappa shape index (κ2) is 2.90. The third-order valence-corrected chi connectivity index (χ3v) is 2.26. The SMILES string of the molecule is Cc1cccc2[nH]c(C#N)c(C#N)c12. The van der Waals surface area contributed by atoms with E-state index in [0.717, 1.165) is 16.5 Å². The Morgan fingerprint density at radius 1 is 1.21 bits per heavy atom. The largest absolute Gasteiger partial charge is 0.345 e. The number of fused-ring (bicyclic) bond motifs is 1. The van der Waals surface area contributed by atoms with Gasteiger partial charge in [-0.15, -0.1) is 0 Å². The molecule has 0 saturated heterocycles. The molecule has 1 N–H and O–H groups in total. The molecule has 14 heavy (non-hydrogen) atoms. The lowest BCUT2D eigenvalue weighted by molar-refractivity contribution is 1.35. The molecule has 0 bridgehead atoms. The second-order valence-corrected chi connectivity index (χ2v) is 3.10. The van der Waals surface area contributed by atoms with E-state index < -0.39 is 0 Å². The van der Waals surface area contributed by atoms with Crippen molar-refractivity contribution in [2.75, 3.05) is 0 Å². The molecule has 0 radical (unpaired) electrons. The maximum absolute atomic E-state index is 8.94. The van der Waals surface area contributed by atoms with E-state index in [2.05, 4.69) is 11.1 Å². The van der Waals surface area contributed by atoms with Crippen molar-refractivity contribution in [3.8, 4) is 12.1 Å². The average Bonchev–Trinajstić information content (AvgIpc) is 2.56. The molecule has 1 aromatic carbocycles. The molecule has 0 fully saturated rings. The summed E-state index contributed by atoms with van der Waals surface area (Å²) in [5.41, 5.74) is 2.65. The summed E-state index contributed by atoms with van der Waals surface area (Å²) in [6.45, 7) is 1.93. The minimum atomic E-state index is 0.344. The van der Waals surface area contributed by atoms with Crippen LogP contribution in [0.1, 0.15) is 16.8 Å². The van der Waals surface area contributed by atoms with E-state index in [1.54, 1.807) is 0 Å². The van der Waals surface area contributed by atoms with Crippen LogP contribution < -0.4 is 0 Å². The molecule has 2 aromatic rings. The van der Waals surface area contributed by atoms with Gasteiger partial charge >= 0.3 is 0 Å². The van der Waals surface area contributed by atoms with Gasteiger partial charge in [0.05, 0.1) is 5.56 Å². The van der Waals surface area contributed by atoms with Gasteiger partial charge in [-0.25, -0.2) is 0 Å². The Balaban J connectivity index is 2.99. The lowest BCUT2D eigenvalue weighted by atomic mass is 10.1.